The van der Waals surface area contributed by atoms with E-state index in [0.717, 1.165) is 6.29 Å². The van der Waals surface area contributed by atoms with E-state index in [0.29, 0.717) is 16.9 Å². The second kappa shape index (κ2) is 12.1. The summed E-state index contributed by atoms with van der Waals surface area (Å²) in [6.07, 6.45) is -2.01. The van der Waals surface area contributed by atoms with Crippen molar-refractivity contribution in [1.29, 1.82) is 0 Å². The number of anilines is 1. The Labute approximate surface area is 184 Å². The highest BCUT2D eigenvalue weighted by Crippen LogP contribution is 2.28. The molecule has 6 nitrogen and oxygen atoms in total. The topological polar surface area (TPSA) is 80.3 Å². The first-order valence-electron chi connectivity index (χ1n) is 9.35. The van der Waals surface area contributed by atoms with Crippen LogP contribution in [0.25, 0.3) is 0 Å². The average Bonchev–Trinajstić information content (AvgIpc) is 2.72. The van der Waals surface area contributed by atoms with Crippen LogP contribution in [0.4, 0.5) is 19.0 Å². The van der Waals surface area contributed by atoms with Crippen molar-refractivity contribution in [2.45, 2.75) is 33.0 Å². The molecule has 1 aromatic heterocycles. The van der Waals surface area contributed by atoms with Gasteiger partial charge in [0.25, 0.3) is 5.91 Å². The number of hydrogen-bond acceptors (Lipinski definition) is 5. The number of halogens is 4. The number of amides is 1. The van der Waals surface area contributed by atoms with Crippen LogP contribution in [0.3, 0.4) is 0 Å². The number of carbonyl (C=O) groups is 2. The van der Waals surface area contributed by atoms with Gasteiger partial charge >= 0.3 is 6.18 Å². The normalized spacial score (nSPS) is 11.8. The molecule has 0 bridgehead atoms. The Morgan fingerprint density at radius 2 is 1.87 bits per heavy atom. The Bertz CT molecular complexity index is 876. The van der Waals surface area contributed by atoms with Gasteiger partial charge < -0.3 is 20.2 Å². The number of carbonyl (C=O) groups excluding carboxylic acids is 2. The summed E-state index contributed by atoms with van der Waals surface area (Å²) in [6.45, 7) is 4.03. The zero-order chi connectivity index (χ0) is 23.6. The summed E-state index contributed by atoms with van der Waals surface area (Å²) in [6, 6.07) is 6.89. The quantitative estimate of drug-likeness (QED) is 0.566. The van der Waals surface area contributed by atoms with Crippen LogP contribution < -0.4 is 15.4 Å². The van der Waals surface area contributed by atoms with Crippen molar-refractivity contribution >= 4 is 29.6 Å². The van der Waals surface area contributed by atoms with Crippen LogP contribution >= 0.6 is 11.6 Å². The van der Waals surface area contributed by atoms with Crippen LogP contribution in [-0.2, 0) is 4.79 Å². The van der Waals surface area contributed by atoms with E-state index in [4.69, 9.17) is 11.6 Å². The van der Waals surface area contributed by atoms with Gasteiger partial charge in [0.1, 0.15) is 17.9 Å². The number of hydrogen-bond donors (Lipinski definition) is 2. The van der Waals surface area contributed by atoms with Gasteiger partial charge in [-0.3, -0.25) is 4.79 Å². The van der Waals surface area contributed by atoms with E-state index < -0.39 is 18.8 Å². The maximum Gasteiger partial charge on any atom is 0.422 e. The van der Waals surface area contributed by atoms with E-state index in [1.54, 1.807) is 26.1 Å². The summed E-state index contributed by atoms with van der Waals surface area (Å²) in [5.41, 5.74) is 0.972. The van der Waals surface area contributed by atoms with Crippen molar-refractivity contribution in [2.75, 3.05) is 19.0 Å². The highest BCUT2D eigenvalue weighted by Gasteiger charge is 2.28. The second-order valence-electron chi connectivity index (χ2n) is 6.84. The molecule has 1 aromatic carbocycles. The van der Waals surface area contributed by atoms with Crippen LogP contribution in [0.2, 0.25) is 5.02 Å². The molecule has 1 unspecified atom stereocenters. The monoisotopic (exact) mass is 459 g/mol. The molecule has 2 aromatic rings. The molecule has 2 rings (SSSR count). The largest absolute Gasteiger partial charge is 0.484 e. The molecular weight excluding hydrogens is 435 g/mol. The predicted molar refractivity (Wildman–Crippen MR) is 114 cm³/mol. The smallest absolute Gasteiger partial charge is 0.422 e. The third kappa shape index (κ3) is 9.69. The number of aldehydes is 1. The minimum absolute atomic E-state index is 0.00222. The minimum Gasteiger partial charge on any atom is -0.484 e. The molecule has 0 saturated carbocycles. The lowest BCUT2D eigenvalue weighted by molar-refractivity contribution is -0.153. The molecule has 10 heteroatoms. The van der Waals surface area contributed by atoms with E-state index in [-0.39, 0.29) is 22.6 Å². The minimum atomic E-state index is -4.43. The molecule has 170 valence electrons. The molecule has 0 fully saturated rings. The Morgan fingerprint density at radius 3 is 2.39 bits per heavy atom. The zero-order valence-corrected chi connectivity index (χ0v) is 18.3. The van der Waals surface area contributed by atoms with Gasteiger partial charge in [0.2, 0.25) is 0 Å². The van der Waals surface area contributed by atoms with Crippen LogP contribution in [0.15, 0.2) is 36.5 Å². The molecular formula is C21H25ClF3N3O3. The number of rotatable bonds is 7. The number of ether oxygens (including phenoxy) is 1. The maximum absolute atomic E-state index is 12.3. The van der Waals surface area contributed by atoms with E-state index in [1.807, 2.05) is 13.8 Å². The first kappa shape index (κ1) is 26.2. The standard InChI is InChI=1S/C17H17ClF3N3O2.C4H8O/c1-10(24-16(25)11-5-6-23-15(7-11)22-2)13-4-3-12(8-14(13)18)26-9-17(19,20)21;1-4(2)3-5/h3-8,10H,9H2,1-2H3,(H,22,23)(H,24,25);3-4H,1-2H3. The summed E-state index contributed by atoms with van der Waals surface area (Å²) in [5.74, 6) is 0.428. The van der Waals surface area contributed by atoms with Gasteiger partial charge in [-0.1, -0.05) is 31.5 Å². The van der Waals surface area contributed by atoms with Gasteiger partial charge in [0.05, 0.1) is 6.04 Å². The highest BCUT2D eigenvalue weighted by molar-refractivity contribution is 6.31. The fourth-order valence-corrected chi connectivity index (χ4v) is 2.51. The number of aromatic nitrogens is 1. The Balaban J connectivity index is 0.000000861. The number of pyridine rings is 1. The van der Waals surface area contributed by atoms with Gasteiger partial charge in [0, 0.05) is 29.7 Å². The SMILES string of the molecule is CC(C)C=O.CNc1cc(C(=O)NC(C)c2ccc(OCC(F)(F)F)cc2Cl)ccn1. The molecule has 2 N–H and O–H groups in total. The average molecular weight is 460 g/mol. The maximum atomic E-state index is 12.3. The Kier molecular flexibility index (Phi) is 10.3. The van der Waals surface area contributed by atoms with Gasteiger partial charge in [-0.15, -0.1) is 0 Å². The molecule has 31 heavy (non-hydrogen) atoms. The van der Waals surface area contributed by atoms with Gasteiger partial charge in [-0.05, 0) is 36.8 Å². The molecule has 1 heterocycles. The summed E-state index contributed by atoms with van der Waals surface area (Å²) in [4.78, 5) is 25.9. The predicted octanol–water partition coefficient (Wildman–Crippen LogP) is 5.05. The highest BCUT2D eigenvalue weighted by atomic mass is 35.5. The van der Waals surface area contributed by atoms with Crippen molar-refractivity contribution in [3.8, 4) is 5.75 Å². The number of nitrogens with one attached hydrogen (secondary N) is 2. The molecule has 1 amide bonds. The fourth-order valence-electron chi connectivity index (χ4n) is 2.18. The van der Waals surface area contributed by atoms with E-state index in [1.165, 1.54) is 24.4 Å². The Hall–Kier alpha value is -2.81. The van der Waals surface area contributed by atoms with Crippen molar-refractivity contribution in [3.63, 3.8) is 0 Å². The van der Waals surface area contributed by atoms with E-state index >= 15 is 0 Å². The van der Waals surface area contributed by atoms with Gasteiger partial charge in [-0.2, -0.15) is 13.2 Å². The zero-order valence-electron chi connectivity index (χ0n) is 17.6. The van der Waals surface area contributed by atoms with Crippen molar-refractivity contribution in [2.24, 2.45) is 5.92 Å². The number of benzene rings is 1. The van der Waals surface area contributed by atoms with Crippen molar-refractivity contribution in [1.82, 2.24) is 10.3 Å². The van der Waals surface area contributed by atoms with Gasteiger partial charge in [0.15, 0.2) is 6.61 Å². The number of nitrogens with zero attached hydrogens (tertiary/aromatic N) is 1. The van der Waals surface area contributed by atoms with Gasteiger partial charge in [-0.25, -0.2) is 4.98 Å². The third-order valence-electron chi connectivity index (χ3n) is 3.74. The Morgan fingerprint density at radius 1 is 1.23 bits per heavy atom. The van der Waals surface area contributed by atoms with Crippen LogP contribution in [0.5, 0.6) is 5.75 Å². The molecule has 0 aliphatic heterocycles. The third-order valence-corrected chi connectivity index (χ3v) is 4.07. The van der Waals surface area contributed by atoms with Crippen LogP contribution in [0, 0.1) is 5.92 Å². The first-order chi connectivity index (χ1) is 14.5. The molecule has 0 aliphatic rings. The summed E-state index contributed by atoms with van der Waals surface area (Å²) in [7, 11) is 1.69. The van der Waals surface area contributed by atoms with Crippen molar-refractivity contribution < 1.29 is 27.5 Å². The lowest BCUT2D eigenvalue weighted by Crippen LogP contribution is -2.27. The first-order valence-corrected chi connectivity index (χ1v) is 9.73. The van der Waals surface area contributed by atoms with Crippen molar-refractivity contribution in [3.05, 3.63) is 52.7 Å². The summed E-state index contributed by atoms with van der Waals surface area (Å²) in [5, 5.41) is 5.82. The summed E-state index contributed by atoms with van der Waals surface area (Å²) < 4.78 is 41.2. The molecule has 1 atom stereocenters. The van der Waals surface area contributed by atoms with E-state index in [9.17, 15) is 22.8 Å². The molecule has 0 spiro atoms. The second-order valence-corrected chi connectivity index (χ2v) is 7.25. The van der Waals surface area contributed by atoms with Crippen LogP contribution in [-0.4, -0.2) is 37.0 Å². The summed E-state index contributed by atoms with van der Waals surface area (Å²) >= 11 is 6.12. The molecule has 0 saturated heterocycles. The fraction of sp³-hybridized carbons (Fsp3) is 0.381. The lowest BCUT2D eigenvalue weighted by Gasteiger charge is -2.17. The number of alkyl halides is 3. The van der Waals surface area contributed by atoms with E-state index in [2.05, 4.69) is 20.4 Å². The molecule has 0 aliphatic carbocycles. The van der Waals surface area contributed by atoms with Crippen LogP contribution in [0.1, 0.15) is 42.7 Å². The molecule has 0 radical (unpaired) electrons. The lowest BCUT2D eigenvalue weighted by atomic mass is 10.1.